The van der Waals surface area contributed by atoms with Gasteiger partial charge in [0.05, 0.1) is 10.5 Å². The lowest BCUT2D eigenvalue weighted by atomic mass is 10.2. The lowest BCUT2D eigenvalue weighted by Crippen LogP contribution is -2.50. The van der Waals surface area contributed by atoms with Crippen LogP contribution in [-0.2, 0) is 10.0 Å². The van der Waals surface area contributed by atoms with Crippen LogP contribution in [0.3, 0.4) is 0 Å². The molecular weight excluding hydrogens is 418 g/mol. The fraction of sp³-hybridized carbons (Fsp3) is 0.350. The molecule has 0 N–H and O–H groups in total. The number of hydrogen-bond acceptors (Lipinski definition) is 4. The number of carbonyl (C=O) groups excluding carboxylic acids is 1. The number of hydrogen-bond donors (Lipinski definition) is 0. The highest BCUT2D eigenvalue weighted by Crippen LogP contribution is 2.29. The van der Waals surface area contributed by atoms with Gasteiger partial charge in [-0.2, -0.15) is 13.1 Å². The summed E-state index contributed by atoms with van der Waals surface area (Å²) in [5, 5.41) is 0. The van der Waals surface area contributed by atoms with Crippen molar-refractivity contribution < 1.29 is 22.0 Å². The summed E-state index contributed by atoms with van der Waals surface area (Å²) in [5.41, 5.74) is 1.74. The molecule has 1 aliphatic heterocycles. The van der Waals surface area contributed by atoms with Crippen LogP contribution in [0.25, 0.3) is 0 Å². The molecule has 3 rings (SSSR count). The molecule has 0 spiro atoms. The van der Waals surface area contributed by atoms with Crippen molar-refractivity contribution in [2.45, 2.75) is 29.4 Å². The molecule has 1 heterocycles. The van der Waals surface area contributed by atoms with E-state index in [0.29, 0.717) is 17.3 Å². The largest absolute Gasteiger partial charge is 0.336 e. The molecule has 9 heteroatoms. The molecule has 0 atom stereocenters. The Balaban J connectivity index is 1.74. The van der Waals surface area contributed by atoms with Gasteiger partial charge in [-0.1, -0.05) is 36.0 Å². The predicted molar refractivity (Wildman–Crippen MR) is 109 cm³/mol. The molecule has 1 saturated heterocycles. The first-order valence-electron chi connectivity index (χ1n) is 9.10. The lowest BCUT2D eigenvalue weighted by molar-refractivity contribution is 0.0694. The molecule has 0 bridgehead atoms. The Labute approximate surface area is 173 Å². The number of piperazine rings is 1. The van der Waals surface area contributed by atoms with Crippen LogP contribution in [0.2, 0.25) is 0 Å². The van der Waals surface area contributed by atoms with Crippen LogP contribution in [0.1, 0.15) is 21.5 Å². The number of sulfonamides is 1. The Morgan fingerprint density at radius 3 is 2.34 bits per heavy atom. The maximum atomic E-state index is 13.0. The number of amides is 1. The van der Waals surface area contributed by atoms with E-state index in [9.17, 15) is 22.0 Å². The highest BCUT2D eigenvalue weighted by Gasteiger charge is 2.32. The Hall–Kier alpha value is -1.97. The summed E-state index contributed by atoms with van der Waals surface area (Å²) in [4.78, 5) is 14.8. The van der Waals surface area contributed by atoms with E-state index >= 15 is 0 Å². The normalized spacial score (nSPS) is 15.7. The van der Waals surface area contributed by atoms with Crippen LogP contribution in [0, 0.1) is 13.8 Å². The van der Waals surface area contributed by atoms with Gasteiger partial charge in [0.25, 0.3) is 11.7 Å². The zero-order valence-electron chi connectivity index (χ0n) is 16.1. The Kier molecular flexibility index (Phi) is 6.60. The summed E-state index contributed by atoms with van der Waals surface area (Å²) in [6.07, 6.45) is 0. The molecule has 1 amide bonds. The van der Waals surface area contributed by atoms with Crippen LogP contribution in [0.4, 0.5) is 8.78 Å². The van der Waals surface area contributed by atoms with Gasteiger partial charge in [0.15, 0.2) is 0 Å². The van der Waals surface area contributed by atoms with E-state index in [1.807, 2.05) is 13.0 Å². The van der Waals surface area contributed by atoms with E-state index in [1.165, 1.54) is 21.3 Å². The Morgan fingerprint density at radius 1 is 1.03 bits per heavy atom. The third-order valence-electron chi connectivity index (χ3n) is 4.82. The number of halogens is 2. The second-order valence-corrected chi connectivity index (χ2v) is 9.78. The van der Waals surface area contributed by atoms with E-state index in [-0.39, 0.29) is 47.4 Å². The van der Waals surface area contributed by atoms with Gasteiger partial charge in [0.2, 0.25) is 10.0 Å². The van der Waals surface area contributed by atoms with Crippen LogP contribution in [0.15, 0.2) is 52.3 Å². The molecule has 1 fully saturated rings. The molecule has 0 unspecified atom stereocenters. The summed E-state index contributed by atoms with van der Waals surface area (Å²) in [7, 11) is -3.66. The van der Waals surface area contributed by atoms with E-state index < -0.39 is 15.8 Å². The Morgan fingerprint density at radius 2 is 1.69 bits per heavy atom. The van der Waals surface area contributed by atoms with Crippen LogP contribution < -0.4 is 0 Å². The van der Waals surface area contributed by atoms with E-state index in [0.717, 1.165) is 5.56 Å². The zero-order chi connectivity index (χ0) is 21.2. The van der Waals surface area contributed by atoms with Gasteiger partial charge in [0, 0.05) is 31.1 Å². The van der Waals surface area contributed by atoms with Crippen molar-refractivity contribution in [3.8, 4) is 0 Å². The minimum absolute atomic E-state index is 0.158. The maximum absolute atomic E-state index is 13.0. The first-order chi connectivity index (χ1) is 13.7. The standard InChI is InChI=1S/C20H22F2N2O3S2/c1-14-7-8-15(2)18(13-14)29(26,27)24-11-9-23(10-12-24)19(25)16-5-3-4-6-17(16)28-20(21)22/h3-8,13,20H,9-12H2,1-2H3. The predicted octanol–water partition coefficient (Wildman–Crippen LogP) is 3.76. The number of benzene rings is 2. The fourth-order valence-corrected chi connectivity index (χ4v) is 5.63. The molecule has 5 nitrogen and oxygen atoms in total. The molecule has 0 radical (unpaired) electrons. The SMILES string of the molecule is Cc1ccc(C)c(S(=O)(=O)N2CCN(C(=O)c3ccccc3SC(F)F)CC2)c1. The smallest absolute Gasteiger partial charge is 0.288 e. The molecule has 2 aromatic carbocycles. The minimum Gasteiger partial charge on any atom is -0.336 e. The van der Waals surface area contributed by atoms with Crippen molar-refractivity contribution >= 4 is 27.7 Å². The molecule has 0 aromatic heterocycles. The first-order valence-corrected chi connectivity index (χ1v) is 11.4. The fourth-order valence-electron chi connectivity index (χ4n) is 3.27. The minimum atomic E-state index is -3.66. The molecule has 29 heavy (non-hydrogen) atoms. The topological polar surface area (TPSA) is 57.7 Å². The summed E-state index contributed by atoms with van der Waals surface area (Å²) in [6.45, 7) is 4.32. The van der Waals surface area contributed by atoms with Crippen molar-refractivity contribution in [3.63, 3.8) is 0 Å². The summed E-state index contributed by atoms with van der Waals surface area (Å²) < 4.78 is 53.0. The van der Waals surface area contributed by atoms with Crippen LogP contribution in [-0.4, -0.2) is 55.5 Å². The summed E-state index contributed by atoms with van der Waals surface area (Å²) in [5.74, 6) is -2.99. The van der Waals surface area contributed by atoms with Gasteiger partial charge in [-0.15, -0.1) is 0 Å². The lowest BCUT2D eigenvalue weighted by Gasteiger charge is -2.34. The zero-order valence-corrected chi connectivity index (χ0v) is 17.8. The number of nitrogens with zero attached hydrogens (tertiary/aromatic N) is 2. The van der Waals surface area contributed by atoms with Crippen LogP contribution >= 0.6 is 11.8 Å². The summed E-state index contributed by atoms with van der Waals surface area (Å²) >= 11 is 0.335. The second-order valence-electron chi connectivity index (χ2n) is 6.84. The van der Waals surface area contributed by atoms with Gasteiger partial charge in [0.1, 0.15) is 0 Å². The Bertz CT molecular complexity index is 1000. The van der Waals surface area contributed by atoms with E-state index in [4.69, 9.17) is 0 Å². The number of aryl methyl sites for hydroxylation is 2. The van der Waals surface area contributed by atoms with Crippen molar-refractivity contribution in [2.75, 3.05) is 26.2 Å². The molecule has 156 valence electrons. The molecule has 0 saturated carbocycles. The highest BCUT2D eigenvalue weighted by atomic mass is 32.2. The quantitative estimate of drug-likeness (QED) is 0.665. The van der Waals surface area contributed by atoms with Gasteiger partial charge >= 0.3 is 0 Å². The maximum Gasteiger partial charge on any atom is 0.288 e. The van der Waals surface area contributed by atoms with Crippen molar-refractivity contribution in [2.24, 2.45) is 0 Å². The van der Waals surface area contributed by atoms with Crippen molar-refractivity contribution in [1.29, 1.82) is 0 Å². The number of alkyl halides is 2. The molecule has 1 aliphatic rings. The van der Waals surface area contributed by atoms with Gasteiger partial charge in [-0.3, -0.25) is 4.79 Å². The third-order valence-corrected chi connectivity index (χ3v) is 7.65. The van der Waals surface area contributed by atoms with E-state index in [1.54, 1.807) is 31.2 Å². The second kappa shape index (κ2) is 8.81. The first kappa shape index (κ1) is 21.7. The van der Waals surface area contributed by atoms with Gasteiger partial charge in [-0.05, 0) is 43.2 Å². The number of thioether (sulfide) groups is 1. The number of carbonyl (C=O) groups is 1. The van der Waals surface area contributed by atoms with Crippen molar-refractivity contribution in [3.05, 3.63) is 59.2 Å². The van der Waals surface area contributed by atoms with Gasteiger partial charge < -0.3 is 4.90 Å². The number of rotatable bonds is 5. The monoisotopic (exact) mass is 440 g/mol. The average molecular weight is 441 g/mol. The molecular formula is C20H22F2N2O3S2. The highest BCUT2D eigenvalue weighted by molar-refractivity contribution is 7.99. The van der Waals surface area contributed by atoms with Gasteiger partial charge in [-0.25, -0.2) is 8.42 Å². The van der Waals surface area contributed by atoms with Crippen molar-refractivity contribution in [1.82, 2.24) is 9.21 Å². The third kappa shape index (κ3) is 4.79. The molecule has 0 aliphatic carbocycles. The summed E-state index contributed by atoms with van der Waals surface area (Å²) in [6, 6.07) is 11.5. The van der Waals surface area contributed by atoms with Crippen LogP contribution in [0.5, 0.6) is 0 Å². The average Bonchev–Trinajstić information content (AvgIpc) is 2.69. The van der Waals surface area contributed by atoms with E-state index in [2.05, 4.69) is 0 Å². The molecule has 2 aromatic rings.